The van der Waals surface area contributed by atoms with Crippen molar-refractivity contribution < 1.29 is 9.53 Å². The lowest BCUT2D eigenvalue weighted by Gasteiger charge is -2.37. The van der Waals surface area contributed by atoms with Crippen LogP contribution in [0.2, 0.25) is 0 Å². The number of piperazine rings is 1. The van der Waals surface area contributed by atoms with Gasteiger partial charge in [0.15, 0.2) is 0 Å². The second kappa shape index (κ2) is 8.06. The first-order valence-corrected chi connectivity index (χ1v) is 8.41. The summed E-state index contributed by atoms with van der Waals surface area (Å²) in [5.41, 5.74) is 5.69. The first-order chi connectivity index (χ1) is 10.1. The maximum atomic E-state index is 12.3. The zero-order valence-corrected chi connectivity index (χ0v) is 13.7. The van der Waals surface area contributed by atoms with Crippen molar-refractivity contribution in [2.45, 2.75) is 51.2 Å². The van der Waals surface area contributed by atoms with E-state index in [1.807, 2.05) is 11.8 Å². The number of nitrogens with two attached hydrogens (primary N) is 1. The number of amides is 1. The molecule has 2 aliphatic rings. The Bertz CT molecular complexity index is 364. The molecule has 0 radical (unpaired) electrons. The first-order valence-electron chi connectivity index (χ1n) is 8.00. The van der Waals surface area contributed by atoms with Crippen LogP contribution in [0.4, 0.5) is 0 Å². The highest BCUT2D eigenvalue weighted by atomic mass is 32.1. The topological polar surface area (TPSA) is 58.8 Å². The molecule has 0 aliphatic carbocycles. The van der Waals surface area contributed by atoms with Gasteiger partial charge in [0.1, 0.15) is 0 Å². The molecule has 0 aromatic carbocycles. The Morgan fingerprint density at radius 1 is 1.33 bits per heavy atom. The van der Waals surface area contributed by atoms with E-state index in [-0.39, 0.29) is 11.9 Å². The smallest absolute Gasteiger partial charge is 0.222 e. The van der Waals surface area contributed by atoms with Crippen LogP contribution in [0.5, 0.6) is 0 Å². The van der Waals surface area contributed by atoms with E-state index < -0.39 is 0 Å². The van der Waals surface area contributed by atoms with Gasteiger partial charge in [0.05, 0.1) is 17.1 Å². The summed E-state index contributed by atoms with van der Waals surface area (Å²) in [5, 5.41) is 0. The first kappa shape index (κ1) is 16.6. The zero-order chi connectivity index (χ0) is 15.2. The highest BCUT2D eigenvalue weighted by Crippen LogP contribution is 2.18. The van der Waals surface area contributed by atoms with Crippen LogP contribution in [0.1, 0.15) is 39.0 Å². The van der Waals surface area contributed by atoms with Gasteiger partial charge in [-0.2, -0.15) is 0 Å². The van der Waals surface area contributed by atoms with Gasteiger partial charge in [0, 0.05) is 39.2 Å². The summed E-state index contributed by atoms with van der Waals surface area (Å²) in [6, 6.07) is 0.118. The van der Waals surface area contributed by atoms with Crippen LogP contribution in [0.25, 0.3) is 0 Å². The molecule has 0 spiro atoms. The van der Waals surface area contributed by atoms with E-state index in [4.69, 9.17) is 22.7 Å². The second-order valence-corrected chi connectivity index (χ2v) is 6.49. The molecule has 21 heavy (non-hydrogen) atoms. The number of thiocarbonyl (C=S) groups is 1. The molecule has 6 heteroatoms. The monoisotopic (exact) mass is 313 g/mol. The van der Waals surface area contributed by atoms with Crippen molar-refractivity contribution in [1.82, 2.24) is 9.80 Å². The Morgan fingerprint density at radius 3 is 2.62 bits per heavy atom. The minimum atomic E-state index is 0.118. The highest BCUT2D eigenvalue weighted by Gasteiger charge is 2.25. The van der Waals surface area contributed by atoms with Crippen LogP contribution in [0.15, 0.2) is 0 Å². The maximum absolute atomic E-state index is 12.3. The van der Waals surface area contributed by atoms with Gasteiger partial charge in [-0.25, -0.2) is 0 Å². The van der Waals surface area contributed by atoms with Crippen molar-refractivity contribution >= 4 is 23.1 Å². The van der Waals surface area contributed by atoms with Crippen molar-refractivity contribution in [2.75, 3.05) is 32.8 Å². The fraction of sp³-hybridized carbons (Fsp3) is 0.867. The molecule has 2 N–H and O–H groups in total. The highest BCUT2D eigenvalue weighted by molar-refractivity contribution is 7.80. The summed E-state index contributed by atoms with van der Waals surface area (Å²) in [5.74, 6) is 0.256. The second-order valence-electron chi connectivity index (χ2n) is 6.02. The van der Waals surface area contributed by atoms with Crippen LogP contribution in [0.3, 0.4) is 0 Å². The number of rotatable bonds is 5. The van der Waals surface area contributed by atoms with E-state index in [9.17, 15) is 4.79 Å². The Morgan fingerprint density at radius 2 is 2.05 bits per heavy atom. The largest absolute Gasteiger partial charge is 0.392 e. The van der Waals surface area contributed by atoms with Crippen molar-refractivity contribution in [2.24, 2.45) is 5.73 Å². The molecule has 2 atom stereocenters. The summed E-state index contributed by atoms with van der Waals surface area (Å²) in [4.78, 5) is 17.0. The lowest BCUT2D eigenvalue weighted by atomic mass is 10.0. The SMILES string of the molecule is CC(C(N)=S)N1CCN(C(=O)CCC2CCCCO2)CC1. The van der Waals surface area contributed by atoms with Gasteiger partial charge in [-0.05, 0) is 32.6 Å². The zero-order valence-electron chi connectivity index (χ0n) is 12.9. The predicted octanol–water partition coefficient (Wildman–Crippen LogP) is 1.15. The van der Waals surface area contributed by atoms with Crippen molar-refractivity contribution in [3.05, 3.63) is 0 Å². The van der Waals surface area contributed by atoms with Crippen molar-refractivity contribution in [3.63, 3.8) is 0 Å². The van der Waals surface area contributed by atoms with Gasteiger partial charge in [0.25, 0.3) is 0 Å². The normalized spacial score (nSPS) is 25.6. The Balaban J connectivity index is 1.69. The Kier molecular flexibility index (Phi) is 6.39. The molecule has 1 amide bonds. The van der Waals surface area contributed by atoms with Gasteiger partial charge < -0.3 is 15.4 Å². The summed E-state index contributed by atoms with van der Waals surface area (Å²) >= 11 is 5.04. The maximum Gasteiger partial charge on any atom is 0.222 e. The quantitative estimate of drug-likeness (QED) is 0.772. The summed E-state index contributed by atoms with van der Waals surface area (Å²) in [6.07, 6.45) is 5.26. The average molecular weight is 313 g/mol. The molecule has 2 heterocycles. The molecule has 5 nitrogen and oxygen atoms in total. The molecular formula is C15H27N3O2S. The number of carbonyl (C=O) groups is 1. The summed E-state index contributed by atoms with van der Waals surface area (Å²) < 4.78 is 5.68. The predicted molar refractivity (Wildman–Crippen MR) is 87.2 cm³/mol. The van der Waals surface area contributed by atoms with Gasteiger partial charge in [-0.1, -0.05) is 12.2 Å². The van der Waals surface area contributed by atoms with E-state index in [2.05, 4.69) is 4.90 Å². The minimum absolute atomic E-state index is 0.118. The molecule has 2 fully saturated rings. The molecule has 2 saturated heterocycles. The third-order valence-electron chi connectivity index (χ3n) is 4.58. The van der Waals surface area contributed by atoms with Crippen molar-refractivity contribution in [3.8, 4) is 0 Å². The lowest BCUT2D eigenvalue weighted by Crippen LogP contribution is -2.54. The van der Waals surface area contributed by atoms with E-state index in [1.54, 1.807) is 0 Å². The standard InChI is InChI=1S/C15H27N3O2S/c1-12(15(16)21)17-7-9-18(10-8-17)14(19)6-5-13-4-2-3-11-20-13/h12-13H,2-11H2,1H3,(H2,16,21). The summed E-state index contributed by atoms with van der Waals surface area (Å²) in [7, 11) is 0. The van der Waals surface area contributed by atoms with Crippen molar-refractivity contribution in [1.29, 1.82) is 0 Å². The fourth-order valence-electron chi connectivity index (χ4n) is 3.02. The van der Waals surface area contributed by atoms with E-state index in [0.29, 0.717) is 17.5 Å². The van der Waals surface area contributed by atoms with Gasteiger partial charge in [-0.3, -0.25) is 9.69 Å². The van der Waals surface area contributed by atoms with Gasteiger partial charge in [0.2, 0.25) is 5.91 Å². The molecule has 0 aromatic heterocycles. The molecule has 0 saturated carbocycles. The van der Waals surface area contributed by atoms with E-state index in [1.165, 1.54) is 6.42 Å². The van der Waals surface area contributed by atoms with E-state index >= 15 is 0 Å². The number of carbonyl (C=O) groups excluding carboxylic acids is 1. The Hall–Kier alpha value is -0.720. The van der Waals surface area contributed by atoms with Crippen LogP contribution in [-0.2, 0) is 9.53 Å². The van der Waals surface area contributed by atoms with Crippen LogP contribution in [-0.4, -0.2) is 65.6 Å². The van der Waals surface area contributed by atoms with Crippen LogP contribution < -0.4 is 5.73 Å². The molecule has 0 bridgehead atoms. The minimum Gasteiger partial charge on any atom is -0.392 e. The summed E-state index contributed by atoms with van der Waals surface area (Å²) in [6.45, 7) is 6.14. The average Bonchev–Trinajstić information content (AvgIpc) is 2.53. The fourth-order valence-corrected chi connectivity index (χ4v) is 3.17. The molecule has 2 rings (SSSR count). The number of nitrogens with zero attached hydrogens (tertiary/aromatic N) is 2. The van der Waals surface area contributed by atoms with Crippen LogP contribution >= 0.6 is 12.2 Å². The number of ether oxygens (including phenoxy) is 1. The molecule has 2 unspecified atom stereocenters. The van der Waals surface area contributed by atoms with Gasteiger partial charge in [-0.15, -0.1) is 0 Å². The molecule has 2 aliphatic heterocycles. The Labute approximate surface area is 132 Å². The third kappa shape index (κ3) is 4.90. The molecule has 0 aromatic rings. The lowest BCUT2D eigenvalue weighted by molar-refractivity contribution is -0.134. The third-order valence-corrected chi connectivity index (χ3v) is 4.92. The van der Waals surface area contributed by atoms with E-state index in [0.717, 1.165) is 52.0 Å². The molecule has 120 valence electrons. The number of hydrogen-bond acceptors (Lipinski definition) is 4. The number of hydrogen-bond donors (Lipinski definition) is 1. The van der Waals surface area contributed by atoms with Crippen LogP contribution in [0, 0.1) is 0 Å². The van der Waals surface area contributed by atoms with Gasteiger partial charge >= 0.3 is 0 Å². The molecular weight excluding hydrogens is 286 g/mol.